The Bertz CT molecular complexity index is 956. The van der Waals surface area contributed by atoms with Crippen LogP contribution < -0.4 is 0 Å². The first-order valence-corrected chi connectivity index (χ1v) is 12.0. The van der Waals surface area contributed by atoms with E-state index in [9.17, 15) is 48.9 Å². The minimum absolute atomic E-state index is 0.0337. The number of rotatable bonds is 7. The molecule has 0 radical (unpaired) electrons. The molecular weight excluding hydrogens is 498 g/mol. The molecule has 7 nitrogen and oxygen atoms in total. The molecule has 2 atom stereocenters. The molecule has 34 heavy (non-hydrogen) atoms. The number of alkyl halides is 6. The Morgan fingerprint density at radius 3 is 1.94 bits per heavy atom. The van der Waals surface area contributed by atoms with E-state index in [0.29, 0.717) is 32.1 Å². The Morgan fingerprint density at radius 1 is 1.03 bits per heavy atom. The lowest BCUT2D eigenvalue weighted by Gasteiger charge is -2.61. The average Bonchev–Trinajstić information content (AvgIpc) is 2.55. The monoisotopic (exact) mass is 521 g/mol. The first kappa shape index (κ1) is 26.8. The Labute approximate surface area is 191 Å². The Morgan fingerprint density at radius 2 is 1.53 bits per heavy atom. The van der Waals surface area contributed by atoms with Crippen LogP contribution >= 0.6 is 0 Å². The van der Waals surface area contributed by atoms with Crippen LogP contribution in [0.1, 0.15) is 51.9 Å². The Balaban J connectivity index is 1.89. The van der Waals surface area contributed by atoms with Crippen LogP contribution in [0.2, 0.25) is 0 Å². The van der Waals surface area contributed by atoms with E-state index in [1.165, 1.54) is 6.92 Å². The van der Waals surface area contributed by atoms with Gasteiger partial charge in [0.05, 0.1) is 22.3 Å². The van der Waals surface area contributed by atoms with Crippen LogP contribution in [0.25, 0.3) is 0 Å². The van der Waals surface area contributed by atoms with Gasteiger partial charge in [0.25, 0.3) is 0 Å². The summed E-state index contributed by atoms with van der Waals surface area (Å²) < 4.78 is 123. The van der Waals surface area contributed by atoms with Gasteiger partial charge in [-0.1, -0.05) is 6.58 Å². The molecule has 0 aromatic carbocycles. The van der Waals surface area contributed by atoms with Crippen LogP contribution in [0.4, 0.5) is 26.3 Å². The summed E-state index contributed by atoms with van der Waals surface area (Å²) in [6, 6.07) is 0. The zero-order valence-electron chi connectivity index (χ0n) is 18.1. The molecule has 0 amide bonds. The van der Waals surface area contributed by atoms with E-state index >= 15 is 0 Å². The summed E-state index contributed by atoms with van der Waals surface area (Å²) in [6.45, 7) is 4.92. The fourth-order valence-electron chi connectivity index (χ4n) is 6.23. The van der Waals surface area contributed by atoms with E-state index in [2.05, 4.69) is 11.3 Å². The van der Waals surface area contributed by atoms with Gasteiger partial charge in [0.1, 0.15) is 5.60 Å². The summed E-state index contributed by atoms with van der Waals surface area (Å²) >= 11 is 0. The van der Waals surface area contributed by atoms with Crippen molar-refractivity contribution < 1.29 is 58.4 Å². The molecule has 194 valence electrons. The molecule has 0 N–H and O–H groups in total. The standard InChI is InChI=1S/C20H24F6O7S/c1-11(2)15(28)33-17-6-12-3-13(7-17)5-16(4-12,9-17)8-14(27)32-18(19(21,22)23,20(24,25)26)10-34(29,30)31/h12-13H,1,3-10H2,2H3,(H,29,30,31)/p-1. The molecule has 4 aliphatic carbocycles. The van der Waals surface area contributed by atoms with Crippen LogP contribution in [-0.2, 0) is 29.2 Å². The quantitative estimate of drug-likeness (QED) is 0.217. The van der Waals surface area contributed by atoms with E-state index in [-0.39, 0.29) is 23.8 Å². The average molecular weight is 521 g/mol. The molecule has 0 aromatic rings. The first-order valence-electron chi connectivity index (χ1n) is 10.4. The van der Waals surface area contributed by atoms with Crippen molar-refractivity contribution in [3.63, 3.8) is 0 Å². The van der Waals surface area contributed by atoms with Gasteiger partial charge in [-0.25, -0.2) is 13.2 Å². The van der Waals surface area contributed by atoms with Crippen LogP contribution in [-0.4, -0.2) is 54.2 Å². The molecule has 2 unspecified atom stereocenters. The second-order valence-electron chi connectivity index (χ2n) is 9.99. The number of hydrogen-bond donors (Lipinski definition) is 0. The molecule has 4 rings (SSSR count). The number of ether oxygens (including phenoxy) is 2. The van der Waals surface area contributed by atoms with Crippen molar-refractivity contribution in [2.24, 2.45) is 17.3 Å². The second-order valence-corrected chi connectivity index (χ2v) is 11.4. The van der Waals surface area contributed by atoms with Crippen molar-refractivity contribution >= 4 is 22.1 Å². The molecule has 0 heterocycles. The van der Waals surface area contributed by atoms with Crippen LogP contribution in [0.15, 0.2) is 12.2 Å². The maximum Gasteiger partial charge on any atom is 0.438 e. The van der Waals surface area contributed by atoms with Gasteiger partial charge >= 0.3 is 29.9 Å². The normalized spacial score (nSPS) is 31.3. The van der Waals surface area contributed by atoms with Gasteiger partial charge in [-0.05, 0) is 62.7 Å². The predicted molar refractivity (Wildman–Crippen MR) is 101 cm³/mol. The highest BCUT2D eigenvalue weighted by molar-refractivity contribution is 7.85. The van der Waals surface area contributed by atoms with Crippen LogP contribution in [0.5, 0.6) is 0 Å². The van der Waals surface area contributed by atoms with E-state index < -0.39 is 63.2 Å². The number of carbonyl (C=O) groups excluding carboxylic acids is 2. The fraction of sp³-hybridized carbons (Fsp3) is 0.800. The highest BCUT2D eigenvalue weighted by Gasteiger charge is 2.75. The lowest BCUT2D eigenvalue weighted by Crippen LogP contribution is -2.64. The van der Waals surface area contributed by atoms with Gasteiger partial charge in [0.2, 0.25) is 0 Å². The molecule has 0 aromatic heterocycles. The molecule has 4 bridgehead atoms. The molecular formula is C20H23F6O7S-. The predicted octanol–water partition coefficient (Wildman–Crippen LogP) is 3.79. The number of carbonyl (C=O) groups is 2. The van der Waals surface area contributed by atoms with Gasteiger partial charge in [-0.3, -0.25) is 4.79 Å². The number of hydrogen-bond acceptors (Lipinski definition) is 7. The summed E-state index contributed by atoms with van der Waals surface area (Å²) in [7, 11) is -6.11. The summed E-state index contributed by atoms with van der Waals surface area (Å²) in [4.78, 5) is 24.7. The van der Waals surface area contributed by atoms with Crippen LogP contribution in [0, 0.1) is 17.3 Å². The molecule has 0 spiro atoms. The van der Waals surface area contributed by atoms with Gasteiger partial charge < -0.3 is 14.0 Å². The second kappa shape index (κ2) is 8.10. The Kier molecular flexibility index (Phi) is 6.38. The lowest BCUT2D eigenvalue weighted by molar-refractivity contribution is -0.362. The maximum atomic E-state index is 13.5. The highest BCUT2D eigenvalue weighted by Crippen LogP contribution is 2.64. The third-order valence-corrected chi connectivity index (χ3v) is 7.65. The summed E-state index contributed by atoms with van der Waals surface area (Å²) in [5.41, 5.74) is -7.49. The van der Waals surface area contributed by atoms with Gasteiger partial charge in [0.15, 0.2) is 0 Å². The van der Waals surface area contributed by atoms with Crippen molar-refractivity contribution in [1.82, 2.24) is 0 Å². The summed E-state index contributed by atoms with van der Waals surface area (Å²) in [5, 5.41) is 0. The molecule has 14 heteroatoms. The minimum Gasteiger partial charge on any atom is -0.748 e. The van der Waals surface area contributed by atoms with E-state index in [1.807, 2.05) is 0 Å². The van der Waals surface area contributed by atoms with Crippen molar-refractivity contribution in [3.8, 4) is 0 Å². The fourth-order valence-corrected chi connectivity index (χ4v) is 7.11. The Hall–Kier alpha value is -1.83. The van der Waals surface area contributed by atoms with E-state index in [4.69, 9.17) is 4.74 Å². The third-order valence-electron chi connectivity index (χ3n) is 6.89. The van der Waals surface area contributed by atoms with E-state index in [0.717, 1.165) is 0 Å². The lowest BCUT2D eigenvalue weighted by atomic mass is 9.47. The summed E-state index contributed by atoms with van der Waals surface area (Å²) in [6.07, 6.45) is -11.5. The molecule has 4 saturated carbocycles. The zero-order valence-corrected chi connectivity index (χ0v) is 18.9. The SMILES string of the molecule is C=C(C)C(=O)OC12CC3CC(CC(CC(=O)OC(CS(=O)(=O)[O-])(C(F)(F)F)C(F)(F)F)(C3)C1)C2. The molecule has 4 fully saturated rings. The molecule has 0 aliphatic heterocycles. The van der Waals surface area contributed by atoms with Crippen LogP contribution in [0.3, 0.4) is 0 Å². The van der Waals surface area contributed by atoms with Gasteiger partial charge in [-0.15, -0.1) is 0 Å². The van der Waals surface area contributed by atoms with Crippen molar-refractivity contribution in [2.45, 2.75) is 75.4 Å². The van der Waals surface area contributed by atoms with Gasteiger partial charge in [-0.2, -0.15) is 26.3 Å². The minimum atomic E-state index is -6.42. The highest BCUT2D eigenvalue weighted by atomic mass is 32.2. The zero-order chi connectivity index (χ0) is 26.0. The van der Waals surface area contributed by atoms with E-state index in [1.54, 1.807) is 0 Å². The smallest absolute Gasteiger partial charge is 0.438 e. The first-order chi connectivity index (χ1) is 15.2. The largest absolute Gasteiger partial charge is 0.748 e. The van der Waals surface area contributed by atoms with Crippen molar-refractivity contribution in [1.29, 1.82) is 0 Å². The topological polar surface area (TPSA) is 110 Å². The third kappa shape index (κ3) is 5.07. The van der Waals surface area contributed by atoms with Crippen molar-refractivity contribution in [3.05, 3.63) is 12.2 Å². The number of halogens is 6. The molecule has 0 saturated heterocycles. The maximum absolute atomic E-state index is 13.5. The number of esters is 2. The van der Waals surface area contributed by atoms with Gasteiger partial charge in [0, 0.05) is 5.57 Å². The summed E-state index contributed by atoms with van der Waals surface area (Å²) in [5.74, 6) is -5.78. The molecule has 4 aliphatic rings. The van der Waals surface area contributed by atoms with Crippen molar-refractivity contribution in [2.75, 3.05) is 5.75 Å².